The molecule has 0 radical (unpaired) electrons. The molecule has 2 N–H and O–H groups in total. The van der Waals surface area contributed by atoms with Crippen LogP contribution in [0.15, 0.2) is 0 Å². The molecule has 0 rings (SSSR count). The van der Waals surface area contributed by atoms with Gasteiger partial charge in [0.05, 0.1) is 0 Å². The number of hydrogen-bond acceptors (Lipinski definition) is 2. The summed E-state index contributed by atoms with van der Waals surface area (Å²) in [5.41, 5.74) is -0.621. The highest BCUT2D eigenvalue weighted by atomic mass is 16.5. The van der Waals surface area contributed by atoms with Crippen molar-refractivity contribution < 1.29 is 10.2 Å². The molecule has 0 aromatic carbocycles. The molecule has 86 valence electrons. The first-order valence-electron chi connectivity index (χ1n) is 5.36. The van der Waals surface area contributed by atoms with Crippen LogP contribution >= 0.6 is 0 Å². The van der Waals surface area contributed by atoms with Crippen molar-refractivity contribution >= 4 is 0 Å². The van der Waals surface area contributed by atoms with Gasteiger partial charge >= 0.3 is 0 Å². The van der Waals surface area contributed by atoms with Crippen LogP contribution < -0.4 is 0 Å². The first kappa shape index (κ1) is 13.9. The molecule has 0 aliphatic rings. The average Bonchev–Trinajstić information content (AvgIpc) is 1.79. The van der Waals surface area contributed by atoms with Gasteiger partial charge in [-0.3, -0.25) is 0 Å². The third kappa shape index (κ3) is 2.71. The molecule has 2 nitrogen and oxygen atoms in total. The lowest BCUT2D eigenvalue weighted by Gasteiger charge is -2.49. The van der Waals surface area contributed by atoms with Crippen LogP contribution in [0.2, 0.25) is 0 Å². The Bertz CT molecular complexity index is 167. The molecular weight excluding hydrogens is 176 g/mol. The molecule has 0 fully saturated rings. The van der Waals surface area contributed by atoms with Crippen molar-refractivity contribution in [1.82, 2.24) is 0 Å². The minimum Gasteiger partial charge on any atom is -0.365 e. The van der Waals surface area contributed by atoms with Gasteiger partial charge in [-0.15, -0.1) is 0 Å². The fourth-order valence-electron chi connectivity index (χ4n) is 2.03. The van der Waals surface area contributed by atoms with Gasteiger partial charge in [0.1, 0.15) is 0 Å². The minimum atomic E-state index is -1.63. The summed E-state index contributed by atoms with van der Waals surface area (Å²) < 4.78 is 0. The number of rotatable bonds is 3. The Morgan fingerprint density at radius 3 is 1.36 bits per heavy atom. The van der Waals surface area contributed by atoms with Crippen molar-refractivity contribution in [1.29, 1.82) is 0 Å². The molecule has 1 atom stereocenters. The van der Waals surface area contributed by atoms with Crippen LogP contribution in [-0.4, -0.2) is 16.0 Å². The summed E-state index contributed by atoms with van der Waals surface area (Å²) in [5.74, 6) is -1.17. The van der Waals surface area contributed by atoms with Gasteiger partial charge in [0.15, 0.2) is 5.79 Å². The van der Waals surface area contributed by atoms with Crippen molar-refractivity contribution in [3.05, 3.63) is 0 Å². The van der Waals surface area contributed by atoms with E-state index in [1.807, 2.05) is 6.92 Å². The van der Waals surface area contributed by atoms with Gasteiger partial charge < -0.3 is 10.2 Å². The molecular formula is C12H26O2. The van der Waals surface area contributed by atoms with Crippen LogP contribution in [0, 0.1) is 16.7 Å². The normalized spacial score (nSPS) is 18.4. The molecule has 0 heterocycles. The summed E-state index contributed by atoms with van der Waals surface area (Å²) in [6.07, 6.45) is 0.806. The van der Waals surface area contributed by atoms with Crippen molar-refractivity contribution in [2.45, 2.75) is 60.7 Å². The largest absolute Gasteiger partial charge is 0.365 e. The SMILES string of the molecule is CC(C)CC(C)(C(C)(C)C)C(C)(O)O. The molecule has 0 amide bonds. The molecule has 0 aliphatic heterocycles. The van der Waals surface area contributed by atoms with Crippen LogP contribution in [0.25, 0.3) is 0 Å². The van der Waals surface area contributed by atoms with E-state index in [0.29, 0.717) is 5.92 Å². The van der Waals surface area contributed by atoms with Gasteiger partial charge in [-0.1, -0.05) is 41.5 Å². The van der Waals surface area contributed by atoms with Gasteiger partial charge in [0.25, 0.3) is 0 Å². The highest BCUT2D eigenvalue weighted by Crippen LogP contribution is 2.49. The summed E-state index contributed by atoms with van der Waals surface area (Å²) in [6, 6.07) is 0. The third-order valence-corrected chi connectivity index (χ3v) is 3.52. The molecule has 0 saturated heterocycles. The lowest BCUT2D eigenvalue weighted by atomic mass is 9.60. The maximum Gasteiger partial charge on any atom is 0.165 e. The summed E-state index contributed by atoms with van der Waals surface area (Å²) in [7, 11) is 0. The molecule has 0 spiro atoms. The van der Waals surface area contributed by atoms with E-state index in [2.05, 4.69) is 34.6 Å². The number of hydrogen-bond donors (Lipinski definition) is 2. The fraction of sp³-hybridized carbons (Fsp3) is 1.00. The fourth-order valence-corrected chi connectivity index (χ4v) is 2.03. The molecule has 0 aromatic rings. The Labute approximate surface area is 88.3 Å². The zero-order chi connectivity index (χ0) is 11.8. The monoisotopic (exact) mass is 202 g/mol. The second-order valence-electron chi connectivity index (χ2n) is 6.20. The molecule has 0 bridgehead atoms. The van der Waals surface area contributed by atoms with E-state index in [1.165, 1.54) is 6.92 Å². The zero-order valence-electron chi connectivity index (χ0n) is 10.7. The van der Waals surface area contributed by atoms with E-state index < -0.39 is 11.2 Å². The standard InChI is InChI=1S/C12H26O2/c1-9(2)8-11(6,10(3,4)5)12(7,13)14/h9,13-14H,8H2,1-7H3. The van der Waals surface area contributed by atoms with Crippen LogP contribution in [0.4, 0.5) is 0 Å². The predicted octanol–water partition coefficient (Wildman–Crippen LogP) is 2.79. The summed E-state index contributed by atoms with van der Waals surface area (Å²) >= 11 is 0. The third-order valence-electron chi connectivity index (χ3n) is 3.52. The molecule has 0 aliphatic carbocycles. The topological polar surface area (TPSA) is 40.5 Å². The van der Waals surface area contributed by atoms with Gasteiger partial charge in [-0.25, -0.2) is 0 Å². The Hall–Kier alpha value is -0.0800. The molecule has 14 heavy (non-hydrogen) atoms. The van der Waals surface area contributed by atoms with E-state index >= 15 is 0 Å². The van der Waals surface area contributed by atoms with Crippen LogP contribution in [-0.2, 0) is 0 Å². The number of aliphatic hydroxyl groups is 2. The Morgan fingerprint density at radius 1 is 0.929 bits per heavy atom. The average molecular weight is 202 g/mol. The Morgan fingerprint density at radius 2 is 1.29 bits per heavy atom. The predicted molar refractivity (Wildman–Crippen MR) is 59.9 cm³/mol. The van der Waals surface area contributed by atoms with E-state index in [4.69, 9.17) is 0 Å². The quantitative estimate of drug-likeness (QED) is 0.691. The van der Waals surface area contributed by atoms with Gasteiger partial charge in [0.2, 0.25) is 0 Å². The van der Waals surface area contributed by atoms with Crippen molar-refractivity contribution in [3.8, 4) is 0 Å². The first-order chi connectivity index (χ1) is 5.92. The zero-order valence-corrected chi connectivity index (χ0v) is 10.7. The maximum atomic E-state index is 9.88. The molecule has 0 aromatic heterocycles. The van der Waals surface area contributed by atoms with Gasteiger partial charge in [0, 0.05) is 5.41 Å². The summed E-state index contributed by atoms with van der Waals surface area (Å²) in [6.45, 7) is 13.8. The summed E-state index contributed by atoms with van der Waals surface area (Å²) in [4.78, 5) is 0. The van der Waals surface area contributed by atoms with Crippen molar-refractivity contribution in [2.75, 3.05) is 0 Å². The molecule has 2 heteroatoms. The lowest BCUT2D eigenvalue weighted by Crippen LogP contribution is -2.52. The Balaban J connectivity index is 5.07. The van der Waals surface area contributed by atoms with Crippen molar-refractivity contribution in [3.63, 3.8) is 0 Å². The smallest absolute Gasteiger partial charge is 0.165 e. The van der Waals surface area contributed by atoms with Gasteiger partial charge in [-0.05, 0) is 24.7 Å². The second-order valence-corrected chi connectivity index (χ2v) is 6.20. The van der Waals surface area contributed by atoms with Crippen LogP contribution in [0.1, 0.15) is 54.9 Å². The second kappa shape index (κ2) is 3.82. The van der Waals surface area contributed by atoms with E-state index in [0.717, 1.165) is 6.42 Å². The van der Waals surface area contributed by atoms with Crippen molar-refractivity contribution in [2.24, 2.45) is 16.7 Å². The van der Waals surface area contributed by atoms with E-state index in [9.17, 15) is 10.2 Å². The lowest BCUT2D eigenvalue weighted by molar-refractivity contribution is -0.260. The molecule has 0 saturated carbocycles. The maximum absolute atomic E-state index is 9.88. The minimum absolute atomic E-state index is 0.129. The Kier molecular flexibility index (Phi) is 3.80. The first-order valence-corrected chi connectivity index (χ1v) is 5.36. The molecule has 1 unspecified atom stereocenters. The van der Waals surface area contributed by atoms with Crippen LogP contribution in [0.5, 0.6) is 0 Å². The van der Waals surface area contributed by atoms with E-state index in [1.54, 1.807) is 0 Å². The van der Waals surface area contributed by atoms with Gasteiger partial charge in [-0.2, -0.15) is 0 Å². The van der Waals surface area contributed by atoms with E-state index in [-0.39, 0.29) is 5.41 Å². The van der Waals surface area contributed by atoms with Crippen LogP contribution in [0.3, 0.4) is 0 Å². The highest BCUT2D eigenvalue weighted by molar-refractivity contribution is 4.94. The summed E-state index contributed by atoms with van der Waals surface area (Å²) in [5, 5.41) is 19.8. The highest BCUT2D eigenvalue weighted by Gasteiger charge is 2.50.